The molecule has 2 aliphatic heterocycles. The second-order valence-corrected chi connectivity index (χ2v) is 12.5. The molecule has 1 unspecified atom stereocenters. The lowest BCUT2D eigenvalue weighted by atomic mass is 9.91. The van der Waals surface area contributed by atoms with Gasteiger partial charge in [-0.15, -0.1) is 0 Å². The highest BCUT2D eigenvalue weighted by atomic mass is 32.2. The average Bonchev–Trinajstić information content (AvgIpc) is 2.86. The highest BCUT2D eigenvalue weighted by Crippen LogP contribution is 2.30. The van der Waals surface area contributed by atoms with Gasteiger partial charge in [-0.1, -0.05) is 24.3 Å². The van der Waals surface area contributed by atoms with E-state index in [4.69, 9.17) is 9.47 Å². The van der Waals surface area contributed by atoms with Crippen LogP contribution in [0.25, 0.3) is 0 Å². The van der Waals surface area contributed by atoms with Gasteiger partial charge < -0.3 is 19.3 Å². The molecule has 0 bridgehead atoms. The van der Waals surface area contributed by atoms with Gasteiger partial charge in [-0.3, -0.25) is 10.0 Å². The van der Waals surface area contributed by atoms with Crippen molar-refractivity contribution in [2.75, 3.05) is 26.7 Å². The molecule has 210 valence electrons. The summed E-state index contributed by atoms with van der Waals surface area (Å²) in [4.78, 5) is 28.0. The number of ether oxygens (including phenoxy) is 2. The lowest BCUT2D eigenvalue weighted by Gasteiger charge is -2.47. The Bertz CT molecular complexity index is 1370. The van der Waals surface area contributed by atoms with Gasteiger partial charge in [-0.25, -0.2) is 18.7 Å². The van der Waals surface area contributed by atoms with Crippen molar-refractivity contribution in [3.05, 3.63) is 71.5 Å². The van der Waals surface area contributed by atoms with Gasteiger partial charge in [0.1, 0.15) is 23.5 Å². The molecular weight excluding hydrogens is 524 g/mol. The molecule has 4 rings (SSSR count). The van der Waals surface area contributed by atoms with E-state index in [1.807, 2.05) is 26.1 Å². The highest BCUT2D eigenvalue weighted by Gasteiger charge is 2.54. The number of sulfonamides is 1. The molecule has 2 amide bonds. The largest absolute Gasteiger partial charge is 0.489 e. The Morgan fingerprint density at radius 3 is 2.44 bits per heavy atom. The maximum Gasteiger partial charge on any atom is 0.410 e. The van der Waals surface area contributed by atoms with Gasteiger partial charge in [-0.2, -0.15) is 4.72 Å². The van der Waals surface area contributed by atoms with Gasteiger partial charge in [0.2, 0.25) is 10.0 Å². The summed E-state index contributed by atoms with van der Waals surface area (Å²) in [5.74, 6) is -0.506. The van der Waals surface area contributed by atoms with Crippen LogP contribution in [0.1, 0.15) is 27.7 Å². The van der Waals surface area contributed by atoms with Crippen molar-refractivity contribution in [2.24, 2.45) is 0 Å². The summed E-state index contributed by atoms with van der Waals surface area (Å²) >= 11 is 0. The molecule has 1 saturated heterocycles. The van der Waals surface area contributed by atoms with Crippen molar-refractivity contribution in [3.8, 4) is 5.75 Å². The molecule has 2 heterocycles. The van der Waals surface area contributed by atoms with Crippen LogP contribution in [0.15, 0.2) is 76.4 Å². The number of hydrogen-bond acceptors (Lipinski definition) is 8. The highest BCUT2D eigenvalue weighted by molar-refractivity contribution is 7.89. The Hall–Kier alpha value is -3.61. The van der Waals surface area contributed by atoms with Crippen LogP contribution in [0.4, 0.5) is 4.79 Å². The molecule has 0 spiro atoms. The molecule has 1 fully saturated rings. The average molecular weight is 559 g/mol. The van der Waals surface area contributed by atoms with Crippen LogP contribution in [-0.2, 0) is 19.6 Å². The maximum atomic E-state index is 13.1. The van der Waals surface area contributed by atoms with Crippen molar-refractivity contribution in [2.45, 2.75) is 49.8 Å². The van der Waals surface area contributed by atoms with Crippen LogP contribution in [-0.4, -0.2) is 79.4 Å². The van der Waals surface area contributed by atoms with Crippen LogP contribution in [0.3, 0.4) is 0 Å². The summed E-state index contributed by atoms with van der Waals surface area (Å²) in [5, 5.41) is 9.22. The fourth-order valence-corrected chi connectivity index (χ4v) is 5.91. The number of hydroxylamine groups is 1. The molecule has 0 saturated carbocycles. The topological polar surface area (TPSA) is 138 Å². The number of hydrogen-bond donors (Lipinski definition) is 3. The van der Waals surface area contributed by atoms with E-state index >= 15 is 0 Å². The van der Waals surface area contributed by atoms with Crippen molar-refractivity contribution in [1.29, 1.82) is 0 Å². The van der Waals surface area contributed by atoms with Gasteiger partial charge in [-0.05, 0) is 69.2 Å². The summed E-state index contributed by atoms with van der Waals surface area (Å²) in [6, 6.07) is 5.94. The minimum Gasteiger partial charge on any atom is -0.489 e. The normalized spacial score (nSPS) is 20.2. The van der Waals surface area contributed by atoms with Crippen molar-refractivity contribution < 1.29 is 32.7 Å². The smallest absolute Gasteiger partial charge is 0.410 e. The van der Waals surface area contributed by atoms with E-state index in [1.165, 1.54) is 34.6 Å². The van der Waals surface area contributed by atoms with Crippen LogP contribution >= 0.6 is 0 Å². The van der Waals surface area contributed by atoms with Gasteiger partial charge in [0, 0.05) is 12.7 Å². The zero-order chi connectivity index (χ0) is 28.6. The molecule has 1 aliphatic carbocycles. The molecule has 1 aromatic carbocycles. The van der Waals surface area contributed by atoms with Gasteiger partial charge in [0.25, 0.3) is 5.91 Å². The second kappa shape index (κ2) is 10.5. The lowest BCUT2D eigenvalue weighted by molar-refractivity contribution is -0.141. The Kier molecular flexibility index (Phi) is 7.66. The first-order valence-corrected chi connectivity index (χ1v) is 13.9. The van der Waals surface area contributed by atoms with Crippen LogP contribution in [0.2, 0.25) is 0 Å². The third kappa shape index (κ3) is 6.02. The molecule has 0 aromatic heterocycles. The molecule has 1 aromatic rings. The molecule has 12 heteroatoms. The van der Waals surface area contributed by atoms with E-state index in [1.54, 1.807) is 20.8 Å². The quantitative estimate of drug-likeness (QED) is 0.343. The van der Waals surface area contributed by atoms with Crippen molar-refractivity contribution in [1.82, 2.24) is 20.0 Å². The van der Waals surface area contributed by atoms with E-state index < -0.39 is 33.2 Å². The summed E-state index contributed by atoms with van der Waals surface area (Å²) in [5.41, 5.74) is 2.26. The summed E-state index contributed by atoms with van der Waals surface area (Å²) in [6.07, 6.45) is 9.57. The number of amides is 2. The lowest BCUT2D eigenvalue weighted by Crippen LogP contribution is -2.76. The Balaban J connectivity index is 1.44. The summed E-state index contributed by atoms with van der Waals surface area (Å²) in [6.45, 7) is 6.81. The number of carbonyl (C=O) groups excluding carboxylic acids is 2. The SMILES string of the molecule is CC1=CC(COc2ccc(S(=O)(=O)NC3(C(=O)NO)CN(C(=O)OC(C)(C)C)C3)cc2)=C2C=CC=CC2N1C. The molecule has 3 N–H and O–H groups in total. The van der Waals surface area contributed by atoms with Gasteiger partial charge in [0.05, 0.1) is 24.0 Å². The van der Waals surface area contributed by atoms with Gasteiger partial charge in [0.15, 0.2) is 0 Å². The number of fused-ring (bicyclic) bond motifs is 1. The molecular formula is C27H34N4O7S. The minimum atomic E-state index is -4.20. The standard InChI is InChI=1S/C27H34N4O7S/c1-18-14-19(22-8-6-7-9-23(22)30(18)5)15-37-20-10-12-21(13-11-20)39(35,36)29-27(24(32)28-34)16-31(17-27)25(33)38-26(2,3)4/h6-14,23,29,34H,15-17H2,1-5H3,(H,28,32). The predicted octanol–water partition coefficient (Wildman–Crippen LogP) is 2.48. The molecule has 0 radical (unpaired) electrons. The molecule has 39 heavy (non-hydrogen) atoms. The van der Waals surface area contributed by atoms with E-state index in [9.17, 15) is 23.2 Å². The number of nitrogens with one attached hydrogen (secondary N) is 2. The third-order valence-electron chi connectivity index (χ3n) is 6.69. The number of allylic oxidation sites excluding steroid dienone is 3. The fourth-order valence-electron chi connectivity index (χ4n) is 4.56. The number of nitrogens with zero attached hydrogens (tertiary/aromatic N) is 2. The second-order valence-electron chi connectivity index (χ2n) is 10.8. The van der Waals surface area contributed by atoms with E-state index in [2.05, 4.69) is 27.9 Å². The maximum absolute atomic E-state index is 13.1. The predicted molar refractivity (Wildman–Crippen MR) is 143 cm³/mol. The van der Waals surface area contributed by atoms with Crippen LogP contribution < -0.4 is 14.9 Å². The number of likely N-dealkylation sites (tertiary alicyclic amines) is 1. The van der Waals surface area contributed by atoms with E-state index in [-0.39, 0.29) is 24.0 Å². The van der Waals surface area contributed by atoms with E-state index in [0.717, 1.165) is 16.8 Å². The first-order valence-electron chi connectivity index (χ1n) is 12.4. The van der Waals surface area contributed by atoms with Crippen molar-refractivity contribution in [3.63, 3.8) is 0 Å². The number of benzene rings is 1. The Morgan fingerprint density at radius 1 is 1.15 bits per heavy atom. The van der Waals surface area contributed by atoms with Crippen molar-refractivity contribution >= 4 is 22.0 Å². The third-order valence-corrected chi connectivity index (χ3v) is 8.25. The number of rotatable bonds is 7. The molecule has 3 aliphatic rings. The Morgan fingerprint density at radius 2 is 1.82 bits per heavy atom. The minimum absolute atomic E-state index is 0.104. The Labute approximate surface area is 228 Å². The monoisotopic (exact) mass is 558 g/mol. The first kappa shape index (κ1) is 28.4. The van der Waals surface area contributed by atoms with E-state index in [0.29, 0.717) is 12.4 Å². The fraction of sp³-hybridized carbons (Fsp3) is 0.407. The molecule has 11 nitrogen and oxygen atoms in total. The van der Waals surface area contributed by atoms with Crippen LogP contribution in [0, 0.1) is 0 Å². The summed E-state index contributed by atoms with van der Waals surface area (Å²) in [7, 11) is -2.16. The number of carbonyl (C=O) groups is 2. The number of likely N-dealkylation sites (N-methyl/N-ethyl adjacent to an activating group) is 1. The zero-order valence-corrected chi connectivity index (χ0v) is 23.4. The zero-order valence-electron chi connectivity index (χ0n) is 22.6. The van der Waals surface area contributed by atoms with Crippen LogP contribution in [0.5, 0.6) is 5.75 Å². The first-order chi connectivity index (χ1) is 18.2. The van der Waals surface area contributed by atoms with Gasteiger partial charge >= 0.3 is 6.09 Å². The summed E-state index contributed by atoms with van der Waals surface area (Å²) < 4.78 is 39.8. The molecule has 1 atom stereocenters.